The third-order valence-electron chi connectivity index (χ3n) is 4.05. The molecule has 1 aliphatic rings. The van der Waals surface area contributed by atoms with E-state index in [4.69, 9.17) is 9.15 Å². The van der Waals surface area contributed by atoms with Crippen LogP contribution in [0.1, 0.15) is 44.6 Å². The molecule has 1 N–H and O–H groups in total. The van der Waals surface area contributed by atoms with Crippen LogP contribution in [0.2, 0.25) is 0 Å². The summed E-state index contributed by atoms with van der Waals surface area (Å²) in [6.07, 6.45) is 3.89. The Labute approximate surface area is 128 Å². The molecule has 0 bridgehead atoms. The number of nitrogens with zero attached hydrogens (tertiary/aromatic N) is 1. The van der Waals surface area contributed by atoms with Crippen molar-refractivity contribution in [3.05, 3.63) is 23.7 Å². The molecule has 0 amide bonds. The monoisotopic (exact) mass is 294 g/mol. The zero-order chi connectivity index (χ0) is 15.1. The lowest BCUT2D eigenvalue weighted by molar-refractivity contribution is 0.0370. The molecule has 0 aromatic carbocycles. The second kappa shape index (κ2) is 8.57. The van der Waals surface area contributed by atoms with Gasteiger partial charge in [-0.2, -0.15) is 0 Å². The molecule has 120 valence electrons. The molecule has 1 saturated heterocycles. The molecule has 1 aromatic rings. The van der Waals surface area contributed by atoms with Crippen molar-refractivity contribution in [2.75, 3.05) is 26.7 Å². The molecule has 2 rings (SSSR count). The lowest BCUT2D eigenvalue weighted by Crippen LogP contribution is -2.39. The second-order valence-electron chi connectivity index (χ2n) is 6.54. The number of piperidine rings is 1. The molecular weight excluding hydrogens is 264 g/mol. The zero-order valence-corrected chi connectivity index (χ0v) is 13.7. The van der Waals surface area contributed by atoms with Crippen molar-refractivity contribution < 1.29 is 9.15 Å². The molecule has 1 atom stereocenters. The van der Waals surface area contributed by atoms with Gasteiger partial charge in [-0.15, -0.1) is 0 Å². The highest BCUT2D eigenvalue weighted by atomic mass is 16.5. The van der Waals surface area contributed by atoms with Crippen LogP contribution in [0.15, 0.2) is 16.5 Å². The summed E-state index contributed by atoms with van der Waals surface area (Å²) in [6, 6.07) is 4.64. The fourth-order valence-corrected chi connectivity index (χ4v) is 2.73. The Bertz CT molecular complexity index is 403. The Morgan fingerprint density at radius 1 is 1.33 bits per heavy atom. The number of furan rings is 1. The maximum absolute atomic E-state index is 5.83. The Kier molecular flexibility index (Phi) is 6.74. The number of rotatable bonds is 8. The van der Waals surface area contributed by atoms with E-state index in [9.17, 15) is 0 Å². The smallest absolute Gasteiger partial charge is 0.129 e. The first kappa shape index (κ1) is 16.5. The third kappa shape index (κ3) is 5.81. The highest BCUT2D eigenvalue weighted by molar-refractivity contribution is 5.06. The van der Waals surface area contributed by atoms with Crippen LogP contribution in [0.5, 0.6) is 0 Å². The average molecular weight is 294 g/mol. The lowest BCUT2D eigenvalue weighted by atomic mass is 10.0. The van der Waals surface area contributed by atoms with Crippen LogP contribution in [0.3, 0.4) is 0 Å². The second-order valence-corrected chi connectivity index (χ2v) is 6.54. The van der Waals surface area contributed by atoms with E-state index in [0.717, 1.165) is 31.2 Å². The van der Waals surface area contributed by atoms with E-state index >= 15 is 0 Å². The molecule has 0 saturated carbocycles. The fraction of sp³-hybridized carbons (Fsp3) is 0.765. The highest BCUT2D eigenvalue weighted by Crippen LogP contribution is 2.16. The largest absolute Gasteiger partial charge is 0.462 e. The summed E-state index contributed by atoms with van der Waals surface area (Å²) in [5.41, 5.74) is 0. The van der Waals surface area contributed by atoms with E-state index in [-0.39, 0.29) is 0 Å². The first-order valence-corrected chi connectivity index (χ1v) is 8.21. The van der Waals surface area contributed by atoms with Crippen molar-refractivity contribution in [1.82, 2.24) is 10.2 Å². The van der Waals surface area contributed by atoms with Crippen molar-refractivity contribution in [3.8, 4) is 0 Å². The van der Waals surface area contributed by atoms with Crippen LogP contribution >= 0.6 is 0 Å². The van der Waals surface area contributed by atoms with Crippen molar-refractivity contribution in [1.29, 1.82) is 0 Å². The molecule has 1 aliphatic heterocycles. The molecule has 2 heterocycles. The molecule has 4 nitrogen and oxygen atoms in total. The molecule has 4 heteroatoms. The van der Waals surface area contributed by atoms with Crippen LogP contribution in [-0.2, 0) is 17.9 Å². The summed E-state index contributed by atoms with van der Waals surface area (Å²) >= 11 is 0. The quantitative estimate of drug-likeness (QED) is 0.800. The first-order chi connectivity index (χ1) is 10.1. The van der Waals surface area contributed by atoms with Gasteiger partial charge < -0.3 is 19.4 Å². The van der Waals surface area contributed by atoms with E-state index in [1.165, 1.54) is 25.8 Å². The molecule has 1 unspecified atom stereocenters. The van der Waals surface area contributed by atoms with Crippen LogP contribution in [0, 0.1) is 5.92 Å². The first-order valence-electron chi connectivity index (χ1n) is 8.21. The van der Waals surface area contributed by atoms with Gasteiger partial charge in [0.1, 0.15) is 18.1 Å². The normalized spacial score (nSPS) is 20.3. The van der Waals surface area contributed by atoms with Gasteiger partial charge in [0.15, 0.2) is 0 Å². The topological polar surface area (TPSA) is 37.6 Å². The van der Waals surface area contributed by atoms with Gasteiger partial charge in [0.05, 0.1) is 13.2 Å². The molecule has 1 fully saturated rings. The summed E-state index contributed by atoms with van der Waals surface area (Å²) in [5, 5.41) is 3.39. The number of hydrogen-bond donors (Lipinski definition) is 1. The van der Waals surface area contributed by atoms with Crippen LogP contribution < -0.4 is 5.32 Å². The van der Waals surface area contributed by atoms with Gasteiger partial charge in [0.25, 0.3) is 0 Å². The van der Waals surface area contributed by atoms with E-state index in [0.29, 0.717) is 18.6 Å². The third-order valence-corrected chi connectivity index (χ3v) is 4.05. The van der Waals surface area contributed by atoms with Gasteiger partial charge in [0, 0.05) is 6.04 Å². The van der Waals surface area contributed by atoms with Crippen LogP contribution in [0.4, 0.5) is 0 Å². The fourth-order valence-electron chi connectivity index (χ4n) is 2.73. The number of ether oxygens (including phenoxy) is 1. The maximum Gasteiger partial charge on any atom is 0.129 e. The number of likely N-dealkylation sites (tertiary alicyclic amines) is 1. The Morgan fingerprint density at radius 3 is 2.90 bits per heavy atom. The molecular formula is C17H30N2O2. The summed E-state index contributed by atoms with van der Waals surface area (Å²) in [5.74, 6) is 2.58. The molecule has 0 spiro atoms. The van der Waals surface area contributed by atoms with Crippen LogP contribution in [0.25, 0.3) is 0 Å². The summed E-state index contributed by atoms with van der Waals surface area (Å²) in [4.78, 5) is 2.41. The van der Waals surface area contributed by atoms with Gasteiger partial charge >= 0.3 is 0 Å². The molecule has 0 aliphatic carbocycles. The zero-order valence-electron chi connectivity index (χ0n) is 13.7. The van der Waals surface area contributed by atoms with E-state index in [1.54, 1.807) is 0 Å². The van der Waals surface area contributed by atoms with Crippen molar-refractivity contribution in [2.45, 2.75) is 52.3 Å². The van der Waals surface area contributed by atoms with Gasteiger partial charge in [-0.25, -0.2) is 0 Å². The lowest BCUT2D eigenvalue weighted by Gasteiger charge is -2.32. The predicted octanol–water partition coefficient (Wildman–Crippen LogP) is 3.03. The average Bonchev–Trinajstić information content (AvgIpc) is 2.88. The molecule has 21 heavy (non-hydrogen) atoms. The minimum Gasteiger partial charge on any atom is -0.462 e. The summed E-state index contributed by atoms with van der Waals surface area (Å²) in [7, 11) is 2.19. The van der Waals surface area contributed by atoms with E-state index < -0.39 is 0 Å². The number of nitrogens with one attached hydrogen (secondary N) is 1. The Hall–Kier alpha value is -0.840. The molecule has 1 aromatic heterocycles. The number of hydrogen-bond acceptors (Lipinski definition) is 4. The Balaban J connectivity index is 1.65. The van der Waals surface area contributed by atoms with Crippen molar-refractivity contribution in [3.63, 3.8) is 0 Å². The minimum atomic E-state index is 0.570. The van der Waals surface area contributed by atoms with Crippen molar-refractivity contribution in [2.24, 2.45) is 5.92 Å². The molecule has 0 radical (unpaired) electrons. The highest BCUT2D eigenvalue weighted by Gasteiger charge is 2.18. The van der Waals surface area contributed by atoms with Crippen LogP contribution in [-0.4, -0.2) is 37.7 Å². The number of likely N-dealkylation sites (N-methyl/N-ethyl adjacent to an activating group) is 1. The predicted molar refractivity (Wildman–Crippen MR) is 85.2 cm³/mol. The van der Waals surface area contributed by atoms with Gasteiger partial charge in [0.2, 0.25) is 0 Å². The van der Waals surface area contributed by atoms with Gasteiger partial charge in [-0.05, 0) is 51.0 Å². The van der Waals surface area contributed by atoms with E-state index in [2.05, 4.69) is 31.1 Å². The van der Waals surface area contributed by atoms with Crippen molar-refractivity contribution >= 4 is 0 Å². The summed E-state index contributed by atoms with van der Waals surface area (Å²) < 4.78 is 11.6. The maximum atomic E-state index is 5.83. The Morgan fingerprint density at radius 2 is 2.14 bits per heavy atom. The summed E-state index contributed by atoms with van der Waals surface area (Å²) in [6.45, 7) is 8.80. The SMILES string of the molecule is CC(C)CNCc1ccc(COCC2CCCCN2C)o1. The standard InChI is InChI=1S/C17H30N2O2/c1-14(2)10-18-11-16-7-8-17(21-16)13-20-12-15-6-4-5-9-19(15)3/h7-8,14-15,18H,4-6,9-13H2,1-3H3. The van der Waals surface area contributed by atoms with Gasteiger partial charge in [-0.1, -0.05) is 20.3 Å². The van der Waals surface area contributed by atoms with E-state index in [1.807, 2.05) is 12.1 Å². The van der Waals surface area contributed by atoms with Gasteiger partial charge in [-0.3, -0.25) is 0 Å². The minimum absolute atomic E-state index is 0.570.